The molecule has 0 fully saturated rings. The second-order valence-corrected chi connectivity index (χ2v) is 4.17. The molecule has 0 atom stereocenters. The zero-order valence-electron chi connectivity index (χ0n) is 10.8. The van der Waals surface area contributed by atoms with E-state index in [2.05, 4.69) is 10.3 Å². The van der Waals surface area contributed by atoms with Gasteiger partial charge in [0.2, 0.25) is 0 Å². The fraction of sp³-hybridized carbons (Fsp3) is 0.231. The van der Waals surface area contributed by atoms with Crippen molar-refractivity contribution in [3.05, 3.63) is 28.9 Å². The fourth-order valence-electron chi connectivity index (χ4n) is 1.94. The van der Waals surface area contributed by atoms with Crippen LogP contribution in [0.2, 0.25) is 5.02 Å². The molecule has 0 aliphatic carbocycles. The molecule has 0 unspecified atom stereocenters. The lowest BCUT2D eigenvalue weighted by molar-refractivity contribution is 0.0601. The first-order valence-electron chi connectivity index (χ1n) is 5.55. The number of anilines is 1. The average Bonchev–Trinajstić information content (AvgIpc) is 2.45. The normalized spacial score (nSPS) is 10.3. The van der Waals surface area contributed by atoms with Gasteiger partial charge in [0, 0.05) is 13.2 Å². The number of benzene rings is 1. The topological polar surface area (TPSA) is 60.5 Å². The Balaban J connectivity index is 2.88. The minimum atomic E-state index is -0.472. The minimum absolute atomic E-state index is 0.332. The number of carbonyl (C=O) groups excluding carboxylic acids is 1. The summed E-state index contributed by atoms with van der Waals surface area (Å²) in [6.45, 7) is 0. The number of ether oxygens (including phenoxy) is 2. The molecule has 0 bridgehead atoms. The Morgan fingerprint density at radius 2 is 2.11 bits per heavy atom. The van der Waals surface area contributed by atoms with Gasteiger partial charge < -0.3 is 14.8 Å². The smallest absolute Gasteiger partial charge is 0.341 e. The van der Waals surface area contributed by atoms with Crippen molar-refractivity contribution in [3.8, 4) is 5.75 Å². The van der Waals surface area contributed by atoms with Gasteiger partial charge >= 0.3 is 5.97 Å². The maximum absolute atomic E-state index is 11.7. The predicted octanol–water partition coefficient (Wildman–Crippen LogP) is 2.73. The van der Waals surface area contributed by atoms with Crippen LogP contribution in [0.1, 0.15) is 10.4 Å². The summed E-state index contributed by atoms with van der Waals surface area (Å²) in [6, 6.07) is 3.43. The summed E-state index contributed by atoms with van der Waals surface area (Å²) in [5.74, 6) is 0.114. The number of halogens is 1. The predicted molar refractivity (Wildman–Crippen MR) is 74.2 cm³/mol. The first kappa shape index (κ1) is 13.4. The summed E-state index contributed by atoms with van der Waals surface area (Å²) in [5, 5.41) is 4.12. The molecule has 5 nitrogen and oxygen atoms in total. The zero-order chi connectivity index (χ0) is 14.0. The number of pyridine rings is 1. The van der Waals surface area contributed by atoms with Crippen molar-refractivity contribution in [3.63, 3.8) is 0 Å². The van der Waals surface area contributed by atoms with Crippen LogP contribution in [0.25, 0.3) is 10.9 Å². The van der Waals surface area contributed by atoms with Crippen molar-refractivity contribution < 1.29 is 14.3 Å². The SMILES string of the molecule is CNc1c(C(=O)OC)cnc2c(Cl)ccc(OC)c12. The number of rotatable bonds is 3. The van der Waals surface area contributed by atoms with Crippen LogP contribution < -0.4 is 10.1 Å². The highest BCUT2D eigenvalue weighted by Gasteiger charge is 2.19. The molecule has 1 aromatic carbocycles. The Bertz CT molecular complexity index is 643. The lowest BCUT2D eigenvalue weighted by atomic mass is 10.1. The van der Waals surface area contributed by atoms with E-state index >= 15 is 0 Å². The zero-order valence-corrected chi connectivity index (χ0v) is 11.5. The monoisotopic (exact) mass is 280 g/mol. The van der Waals surface area contributed by atoms with Gasteiger partial charge in [-0.1, -0.05) is 11.6 Å². The molecule has 0 radical (unpaired) electrons. The average molecular weight is 281 g/mol. The summed E-state index contributed by atoms with van der Waals surface area (Å²) in [6.07, 6.45) is 1.44. The molecule has 0 spiro atoms. The van der Waals surface area contributed by atoms with Gasteiger partial charge in [-0.3, -0.25) is 4.98 Å². The molecule has 100 valence electrons. The molecular weight excluding hydrogens is 268 g/mol. The lowest BCUT2D eigenvalue weighted by Crippen LogP contribution is -2.07. The molecule has 2 rings (SSSR count). The first-order chi connectivity index (χ1) is 9.13. The van der Waals surface area contributed by atoms with Crippen molar-refractivity contribution in [1.29, 1.82) is 0 Å². The van der Waals surface area contributed by atoms with Gasteiger partial charge in [-0.2, -0.15) is 0 Å². The van der Waals surface area contributed by atoms with Gasteiger partial charge in [0.25, 0.3) is 0 Å². The van der Waals surface area contributed by atoms with Gasteiger partial charge in [0.1, 0.15) is 11.3 Å². The Morgan fingerprint density at radius 1 is 1.37 bits per heavy atom. The van der Waals surface area contributed by atoms with Crippen LogP contribution in [-0.4, -0.2) is 32.2 Å². The van der Waals surface area contributed by atoms with E-state index in [1.807, 2.05) is 0 Å². The van der Waals surface area contributed by atoms with E-state index in [9.17, 15) is 4.79 Å². The number of hydrogen-bond acceptors (Lipinski definition) is 5. The quantitative estimate of drug-likeness (QED) is 0.876. The number of aromatic nitrogens is 1. The second-order valence-electron chi connectivity index (χ2n) is 3.76. The number of nitrogens with one attached hydrogen (secondary N) is 1. The molecule has 0 aliphatic heterocycles. The molecule has 0 amide bonds. The maximum Gasteiger partial charge on any atom is 0.341 e. The van der Waals surface area contributed by atoms with E-state index in [4.69, 9.17) is 21.1 Å². The molecule has 1 heterocycles. The van der Waals surface area contributed by atoms with Crippen LogP contribution in [0.3, 0.4) is 0 Å². The van der Waals surface area contributed by atoms with Crippen LogP contribution in [0.5, 0.6) is 5.75 Å². The minimum Gasteiger partial charge on any atom is -0.496 e. The van der Waals surface area contributed by atoms with E-state index in [0.29, 0.717) is 32.9 Å². The van der Waals surface area contributed by atoms with Crippen molar-refractivity contribution >= 4 is 34.2 Å². The first-order valence-corrected chi connectivity index (χ1v) is 5.93. The van der Waals surface area contributed by atoms with Crippen LogP contribution in [0.15, 0.2) is 18.3 Å². The Hall–Kier alpha value is -2.01. The van der Waals surface area contributed by atoms with Crippen LogP contribution in [0.4, 0.5) is 5.69 Å². The van der Waals surface area contributed by atoms with E-state index < -0.39 is 5.97 Å². The van der Waals surface area contributed by atoms with E-state index in [1.165, 1.54) is 13.3 Å². The lowest BCUT2D eigenvalue weighted by Gasteiger charge is -2.14. The second kappa shape index (κ2) is 5.32. The Morgan fingerprint density at radius 3 is 2.68 bits per heavy atom. The largest absolute Gasteiger partial charge is 0.496 e. The highest BCUT2D eigenvalue weighted by molar-refractivity contribution is 6.36. The van der Waals surface area contributed by atoms with Gasteiger partial charge in [-0.05, 0) is 12.1 Å². The molecule has 0 aliphatic rings. The molecule has 0 saturated carbocycles. The third kappa shape index (κ3) is 2.17. The van der Waals surface area contributed by atoms with Gasteiger partial charge in [0.05, 0.1) is 35.8 Å². The number of carbonyl (C=O) groups is 1. The number of fused-ring (bicyclic) bond motifs is 1. The molecule has 1 N–H and O–H groups in total. The highest BCUT2D eigenvalue weighted by atomic mass is 35.5. The number of hydrogen-bond donors (Lipinski definition) is 1. The van der Waals surface area contributed by atoms with E-state index in [-0.39, 0.29) is 0 Å². The van der Waals surface area contributed by atoms with E-state index in [1.54, 1.807) is 26.3 Å². The molecule has 19 heavy (non-hydrogen) atoms. The summed E-state index contributed by atoms with van der Waals surface area (Å²) >= 11 is 6.12. The molecule has 0 saturated heterocycles. The van der Waals surface area contributed by atoms with Gasteiger partial charge in [0.15, 0.2) is 0 Å². The van der Waals surface area contributed by atoms with Gasteiger partial charge in [-0.25, -0.2) is 4.79 Å². The van der Waals surface area contributed by atoms with Crippen molar-refractivity contribution in [2.24, 2.45) is 0 Å². The molecular formula is C13H13ClN2O3. The van der Waals surface area contributed by atoms with Crippen LogP contribution >= 0.6 is 11.6 Å². The van der Waals surface area contributed by atoms with Crippen molar-refractivity contribution in [2.45, 2.75) is 0 Å². The fourth-order valence-corrected chi connectivity index (χ4v) is 2.14. The molecule has 6 heteroatoms. The molecule has 1 aromatic heterocycles. The Kier molecular flexibility index (Phi) is 3.76. The van der Waals surface area contributed by atoms with Gasteiger partial charge in [-0.15, -0.1) is 0 Å². The summed E-state index contributed by atoms with van der Waals surface area (Å²) in [5.41, 5.74) is 1.48. The summed E-state index contributed by atoms with van der Waals surface area (Å²) in [7, 11) is 4.58. The summed E-state index contributed by atoms with van der Waals surface area (Å²) in [4.78, 5) is 16.0. The maximum atomic E-state index is 11.7. The highest BCUT2D eigenvalue weighted by Crippen LogP contribution is 2.37. The Labute approximate surface area is 115 Å². The number of methoxy groups -OCH3 is 2. The van der Waals surface area contributed by atoms with Crippen LogP contribution in [-0.2, 0) is 4.74 Å². The standard InChI is InChI=1S/C13H13ClN2O3/c1-15-11-7(13(17)19-3)6-16-12-8(14)4-5-9(18-2)10(11)12/h4-6H,1-3H3,(H,15,16). The van der Waals surface area contributed by atoms with E-state index in [0.717, 1.165) is 0 Å². The van der Waals surface area contributed by atoms with Crippen molar-refractivity contribution in [2.75, 3.05) is 26.6 Å². The number of esters is 1. The van der Waals surface area contributed by atoms with Crippen LogP contribution in [0, 0.1) is 0 Å². The third-order valence-corrected chi connectivity index (χ3v) is 3.11. The summed E-state index contributed by atoms with van der Waals surface area (Å²) < 4.78 is 10.0. The third-order valence-electron chi connectivity index (χ3n) is 2.81. The van der Waals surface area contributed by atoms with Crippen molar-refractivity contribution in [1.82, 2.24) is 4.98 Å². The molecule has 2 aromatic rings. The number of nitrogens with zero attached hydrogens (tertiary/aromatic N) is 1.